The number of hydrogen-bond acceptors (Lipinski definition) is 1. The van der Waals surface area contributed by atoms with E-state index in [2.05, 4.69) is 20.8 Å². The highest BCUT2D eigenvalue weighted by Gasteiger charge is 2.35. The molecule has 1 saturated heterocycles. The van der Waals surface area contributed by atoms with Gasteiger partial charge in [-0.1, -0.05) is 59.3 Å². The summed E-state index contributed by atoms with van der Waals surface area (Å²) in [5, 5.41) is 0. The molecule has 0 aromatic carbocycles. The van der Waals surface area contributed by atoms with Crippen LogP contribution in [0.5, 0.6) is 0 Å². The van der Waals surface area contributed by atoms with Gasteiger partial charge in [-0.05, 0) is 25.7 Å². The number of nitrogens with zero attached hydrogens (tertiary/aromatic N) is 1. The average molecular weight is 299 g/mol. The first-order valence-electron chi connectivity index (χ1n) is 9.73. The molecule has 1 fully saturated rings. The van der Waals surface area contributed by atoms with Crippen LogP contribution in [0.3, 0.4) is 0 Å². The molecular weight excluding hydrogens is 258 g/mol. The Kier molecular flexibility index (Phi) is 10.4. The Morgan fingerprint density at radius 3 is 1.71 bits per heavy atom. The number of quaternary nitrogens is 1. The molecule has 0 saturated carbocycles. The SMILES string of the molecule is CCCCCCCC[N+](CCCC)(CCCC)CC1CO1. The van der Waals surface area contributed by atoms with Crippen LogP contribution in [0, 0.1) is 0 Å². The summed E-state index contributed by atoms with van der Waals surface area (Å²) in [6.07, 6.45) is 14.5. The Hall–Kier alpha value is -0.0800. The predicted octanol–water partition coefficient (Wildman–Crippen LogP) is 5.16. The fourth-order valence-electron chi connectivity index (χ4n) is 3.43. The molecule has 1 rings (SSSR count). The summed E-state index contributed by atoms with van der Waals surface area (Å²) in [7, 11) is 0. The molecule has 0 radical (unpaired) electrons. The second-order valence-corrected chi connectivity index (χ2v) is 7.13. The minimum Gasteiger partial charge on any atom is -0.367 e. The molecule has 1 heterocycles. The molecule has 0 aliphatic carbocycles. The van der Waals surface area contributed by atoms with Gasteiger partial charge in [0.2, 0.25) is 0 Å². The molecule has 1 unspecified atom stereocenters. The van der Waals surface area contributed by atoms with Crippen molar-refractivity contribution in [2.45, 2.75) is 91.1 Å². The molecule has 0 spiro atoms. The van der Waals surface area contributed by atoms with Crippen molar-refractivity contribution in [2.75, 3.05) is 32.8 Å². The van der Waals surface area contributed by atoms with Crippen LogP contribution in [0.15, 0.2) is 0 Å². The van der Waals surface area contributed by atoms with Crippen LogP contribution in [0.2, 0.25) is 0 Å². The van der Waals surface area contributed by atoms with Crippen LogP contribution in [-0.2, 0) is 4.74 Å². The minimum absolute atomic E-state index is 0.582. The third kappa shape index (κ3) is 8.83. The summed E-state index contributed by atoms with van der Waals surface area (Å²) < 4.78 is 6.92. The van der Waals surface area contributed by atoms with Crippen molar-refractivity contribution in [3.8, 4) is 0 Å². The molecule has 0 N–H and O–H groups in total. The second-order valence-electron chi connectivity index (χ2n) is 7.13. The molecule has 1 aliphatic rings. The first-order valence-corrected chi connectivity index (χ1v) is 9.73. The summed E-state index contributed by atoms with van der Waals surface area (Å²) in [4.78, 5) is 0. The zero-order valence-electron chi connectivity index (χ0n) is 15.0. The van der Waals surface area contributed by atoms with E-state index in [1.54, 1.807) is 0 Å². The van der Waals surface area contributed by atoms with E-state index in [9.17, 15) is 0 Å². The lowest BCUT2D eigenvalue weighted by Crippen LogP contribution is -2.52. The molecule has 2 heteroatoms. The van der Waals surface area contributed by atoms with Gasteiger partial charge in [0.25, 0.3) is 0 Å². The van der Waals surface area contributed by atoms with E-state index in [1.165, 1.54) is 94.9 Å². The first kappa shape index (κ1) is 19.0. The number of hydrogen-bond donors (Lipinski definition) is 0. The lowest BCUT2D eigenvalue weighted by Gasteiger charge is -2.39. The molecular formula is C19H40NO+. The minimum atomic E-state index is 0.582. The molecule has 126 valence electrons. The standard InChI is InChI=1S/C19H40NO/c1-4-7-10-11-12-13-16-20(14-8-5-2,15-9-6-3)17-19-18-21-19/h19H,4-18H2,1-3H3/q+1. The molecule has 0 amide bonds. The van der Waals surface area contributed by atoms with E-state index in [1.807, 2.05) is 0 Å². The monoisotopic (exact) mass is 298 g/mol. The fourth-order valence-corrected chi connectivity index (χ4v) is 3.43. The Morgan fingerprint density at radius 2 is 1.19 bits per heavy atom. The number of epoxide rings is 1. The Labute approximate surface area is 133 Å². The Morgan fingerprint density at radius 1 is 0.714 bits per heavy atom. The van der Waals surface area contributed by atoms with Gasteiger partial charge in [0, 0.05) is 0 Å². The van der Waals surface area contributed by atoms with Crippen molar-refractivity contribution in [2.24, 2.45) is 0 Å². The lowest BCUT2D eigenvalue weighted by atomic mass is 10.1. The molecule has 21 heavy (non-hydrogen) atoms. The summed E-state index contributed by atoms with van der Waals surface area (Å²) in [6, 6.07) is 0. The molecule has 2 nitrogen and oxygen atoms in total. The van der Waals surface area contributed by atoms with Crippen molar-refractivity contribution in [3.63, 3.8) is 0 Å². The van der Waals surface area contributed by atoms with Gasteiger partial charge >= 0.3 is 0 Å². The Bertz CT molecular complexity index is 230. The van der Waals surface area contributed by atoms with E-state index in [0.29, 0.717) is 6.10 Å². The molecule has 0 aromatic rings. The van der Waals surface area contributed by atoms with Crippen LogP contribution in [0.4, 0.5) is 0 Å². The highest BCUT2D eigenvalue weighted by Crippen LogP contribution is 2.22. The third-order valence-corrected chi connectivity index (χ3v) is 4.95. The van der Waals surface area contributed by atoms with E-state index in [4.69, 9.17) is 4.74 Å². The maximum atomic E-state index is 5.57. The number of unbranched alkanes of at least 4 members (excludes halogenated alkanes) is 7. The zero-order chi connectivity index (χ0) is 15.4. The molecule has 0 aromatic heterocycles. The molecule has 0 bridgehead atoms. The van der Waals surface area contributed by atoms with Crippen LogP contribution >= 0.6 is 0 Å². The van der Waals surface area contributed by atoms with E-state index >= 15 is 0 Å². The normalized spacial score (nSPS) is 18.1. The van der Waals surface area contributed by atoms with Gasteiger partial charge in [0.1, 0.15) is 12.6 Å². The van der Waals surface area contributed by atoms with Crippen LogP contribution in [0.25, 0.3) is 0 Å². The largest absolute Gasteiger partial charge is 0.367 e. The first-order chi connectivity index (χ1) is 10.3. The quantitative estimate of drug-likeness (QED) is 0.231. The highest BCUT2D eigenvalue weighted by molar-refractivity contribution is 4.69. The maximum Gasteiger partial charge on any atom is 0.130 e. The van der Waals surface area contributed by atoms with E-state index in [-0.39, 0.29) is 0 Å². The van der Waals surface area contributed by atoms with Gasteiger partial charge in [-0.25, -0.2) is 0 Å². The zero-order valence-corrected chi connectivity index (χ0v) is 15.0. The molecule has 1 atom stereocenters. The Balaban J connectivity index is 2.38. The van der Waals surface area contributed by atoms with Crippen molar-refractivity contribution in [1.29, 1.82) is 0 Å². The van der Waals surface area contributed by atoms with Gasteiger partial charge in [0.15, 0.2) is 0 Å². The number of rotatable bonds is 15. The fraction of sp³-hybridized carbons (Fsp3) is 1.00. The van der Waals surface area contributed by atoms with Crippen molar-refractivity contribution in [1.82, 2.24) is 0 Å². The average Bonchev–Trinajstić information content (AvgIpc) is 3.30. The predicted molar refractivity (Wildman–Crippen MR) is 92.7 cm³/mol. The lowest BCUT2D eigenvalue weighted by molar-refractivity contribution is -0.929. The van der Waals surface area contributed by atoms with Crippen molar-refractivity contribution < 1.29 is 9.22 Å². The van der Waals surface area contributed by atoms with Crippen molar-refractivity contribution in [3.05, 3.63) is 0 Å². The van der Waals surface area contributed by atoms with Crippen LogP contribution in [0.1, 0.15) is 85.0 Å². The van der Waals surface area contributed by atoms with Crippen LogP contribution < -0.4 is 0 Å². The van der Waals surface area contributed by atoms with Gasteiger partial charge in [-0.3, -0.25) is 0 Å². The summed E-state index contributed by atoms with van der Waals surface area (Å²) in [5.41, 5.74) is 0. The van der Waals surface area contributed by atoms with Gasteiger partial charge in [-0.2, -0.15) is 0 Å². The highest BCUT2D eigenvalue weighted by atomic mass is 16.6. The summed E-state index contributed by atoms with van der Waals surface area (Å²) >= 11 is 0. The summed E-state index contributed by atoms with van der Waals surface area (Å²) in [5.74, 6) is 0. The number of ether oxygens (including phenoxy) is 1. The summed E-state index contributed by atoms with van der Waals surface area (Å²) in [6.45, 7) is 13.4. The van der Waals surface area contributed by atoms with Gasteiger partial charge < -0.3 is 9.22 Å². The van der Waals surface area contributed by atoms with Crippen LogP contribution in [-0.4, -0.2) is 43.4 Å². The van der Waals surface area contributed by atoms with Gasteiger partial charge in [-0.15, -0.1) is 0 Å². The van der Waals surface area contributed by atoms with Gasteiger partial charge in [0.05, 0.1) is 26.2 Å². The second kappa shape index (κ2) is 11.5. The smallest absolute Gasteiger partial charge is 0.130 e. The van der Waals surface area contributed by atoms with Crippen molar-refractivity contribution >= 4 is 0 Å². The third-order valence-electron chi connectivity index (χ3n) is 4.95. The molecule has 1 aliphatic heterocycles. The maximum absolute atomic E-state index is 5.57. The van der Waals surface area contributed by atoms with E-state index < -0.39 is 0 Å². The topological polar surface area (TPSA) is 12.5 Å². The van der Waals surface area contributed by atoms with E-state index in [0.717, 1.165) is 6.61 Å².